The van der Waals surface area contributed by atoms with Gasteiger partial charge in [0.1, 0.15) is 0 Å². The van der Waals surface area contributed by atoms with Gasteiger partial charge < -0.3 is 5.32 Å². The van der Waals surface area contributed by atoms with Crippen LogP contribution in [0.5, 0.6) is 0 Å². The fourth-order valence-corrected chi connectivity index (χ4v) is 4.22. The van der Waals surface area contributed by atoms with E-state index in [1.165, 1.54) is 83.8 Å². The van der Waals surface area contributed by atoms with E-state index in [1.807, 2.05) is 0 Å². The van der Waals surface area contributed by atoms with Crippen LogP contribution in [0.15, 0.2) is 0 Å². The summed E-state index contributed by atoms with van der Waals surface area (Å²) in [6.07, 6.45) is 14.1. The van der Waals surface area contributed by atoms with Gasteiger partial charge in [-0.25, -0.2) is 0 Å². The SMILES string of the molecule is CCCNC1CCCCCC1N1CCCC(CC)CC1. The minimum absolute atomic E-state index is 0.760. The van der Waals surface area contributed by atoms with Crippen molar-refractivity contribution in [1.82, 2.24) is 10.2 Å². The van der Waals surface area contributed by atoms with Gasteiger partial charge in [-0.15, -0.1) is 0 Å². The topological polar surface area (TPSA) is 15.3 Å². The van der Waals surface area contributed by atoms with Crippen LogP contribution in [0.2, 0.25) is 0 Å². The van der Waals surface area contributed by atoms with Gasteiger partial charge >= 0.3 is 0 Å². The Morgan fingerprint density at radius 1 is 0.900 bits per heavy atom. The molecule has 0 radical (unpaired) electrons. The Hall–Kier alpha value is -0.0800. The normalized spacial score (nSPS) is 33.6. The van der Waals surface area contributed by atoms with E-state index >= 15 is 0 Å². The first-order valence-corrected chi connectivity index (χ1v) is 9.32. The van der Waals surface area contributed by atoms with Crippen LogP contribution in [-0.2, 0) is 0 Å². The number of rotatable bonds is 5. The standard InChI is InChI=1S/C18H36N2/c1-3-13-19-17-10-6-5-7-11-18(17)20-14-8-9-16(4-2)12-15-20/h16-19H,3-15H2,1-2H3. The summed E-state index contributed by atoms with van der Waals surface area (Å²) in [5.74, 6) is 0.993. The zero-order chi connectivity index (χ0) is 14.2. The summed E-state index contributed by atoms with van der Waals surface area (Å²) >= 11 is 0. The van der Waals surface area contributed by atoms with Crippen molar-refractivity contribution in [3.63, 3.8) is 0 Å². The molecule has 1 heterocycles. The fraction of sp³-hybridized carbons (Fsp3) is 1.00. The first-order valence-electron chi connectivity index (χ1n) is 9.32. The third-order valence-electron chi connectivity index (χ3n) is 5.56. The van der Waals surface area contributed by atoms with E-state index in [1.54, 1.807) is 0 Å². The lowest BCUT2D eigenvalue weighted by atomic mass is 9.98. The Labute approximate surface area is 126 Å². The minimum Gasteiger partial charge on any atom is -0.312 e. The third-order valence-corrected chi connectivity index (χ3v) is 5.56. The molecule has 2 aliphatic rings. The van der Waals surface area contributed by atoms with Crippen molar-refractivity contribution in [1.29, 1.82) is 0 Å². The zero-order valence-electron chi connectivity index (χ0n) is 13.9. The molecule has 0 aromatic carbocycles. The molecule has 1 aliphatic carbocycles. The van der Waals surface area contributed by atoms with Crippen LogP contribution in [0.3, 0.4) is 0 Å². The first kappa shape index (κ1) is 16.3. The Morgan fingerprint density at radius 3 is 2.55 bits per heavy atom. The van der Waals surface area contributed by atoms with Gasteiger partial charge in [0.05, 0.1) is 0 Å². The second-order valence-corrected chi connectivity index (χ2v) is 7.01. The fourth-order valence-electron chi connectivity index (χ4n) is 4.22. The quantitative estimate of drug-likeness (QED) is 0.759. The second kappa shape index (κ2) is 9.04. The Kier molecular flexibility index (Phi) is 7.37. The predicted molar refractivity (Wildman–Crippen MR) is 88.2 cm³/mol. The molecule has 3 atom stereocenters. The molecule has 0 bridgehead atoms. The highest BCUT2D eigenvalue weighted by Crippen LogP contribution is 2.27. The first-order chi connectivity index (χ1) is 9.85. The average Bonchev–Trinajstić information content (AvgIpc) is 2.84. The van der Waals surface area contributed by atoms with Crippen molar-refractivity contribution >= 4 is 0 Å². The number of hydrogen-bond acceptors (Lipinski definition) is 2. The Bertz CT molecular complexity index is 254. The maximum atomic E-state index is 3.86. The summed E-state index contributed by atoms with van der Waals surface area (Å²) < 4.78 is 0. The Balaban J connectivity index is 1.94. The van der Waals surface area contributed by atoms with Gasteiger partial charge in [-0.3, -0.25) is 4.90 Å². The van der Waals surface area contributed by atoms with E-state index in [-0.39, 0.29) is 0 Å². The smallest absolute Gasteiger partial charge is 0.0249 e. The van der Waals surface area contributed by atoms with E-state index in [0.717, 1.165) is 18.0 Å². The summed E-state index contributed by atoms with van der Waals surface area (Å²) in [4.78, 5) is 2.86. The van der Waals surface area contributed by atoms with Crippen molar-refractivity contribution < 1.29 is 0 Å². The van der Waals surface area contributed by atoms with Gasteiger partial charge in [0.2, 0.25) is 0 Å². The lowest BCUT2D eigenvalue weighted by Crippen LogP contribution is -2.50. The number of nitrogens with zero attached hydrogens (tertiary/aromatic N) is 1. The lowest BCUT2D eigenvalue weighted by molar-refractivity contribution is 0.151. The van der Waals surface area contributed by atoms with Gasteiger partial charge in [-0.1, -0.05) is 39.5 Å². The van der Waals surface area contributed by atoms with Gasteiger partial charge in [-0.2, -0.15) is 0 Å². The average molecular weight is 280 g/mol. The van der Waals surface area contributed by atoms with E-state index in [9.17, 15) is 0 Å². The summed E-state index contributed by atoms with van der Waals surface area (Å²) in [5, 5.41) is 3.86. The van der Waals surface area contributed by atoms with Gasteiger partial charge in [0, 0.05) is 12.1 Å². The predicted octanol–water partition coefficient (Wildman–Crippen LogP) is 4.20. The summed E-state index contributed by atoms with van der Waals surface area (Å²) in [7, 11) is 0. The van der Waals surface area contributed by atoms with Crippen LogP contribution >= 0.6 is 0 Å². The van der Waals surface area contributed by atoms with Crippen molar-refractivity contribution in [2.75, 3.05) is 19.6 Å². The molecule has 1 saturated carbocycles. The zero-order valence-corrected chi connectivity index (χ0v) is 13.9. The monoisotopic (exact) mass is 280 g/mol. The molecule has 3 unspecified atom stereocenters. The molecule has 0 amide bonds. The molecule has 0 aromatic heterocycles. The van der Waals surface area contributed by atoms with Crippen molar-refractivity contribution in [3.8, 4) is 0 Å². The molecule has 2 rings (SSSR count). The number of hydrogen-bond donors (Lipinski definition) is 1. The molecule has 1 saturated heterocycles. The van der Waals surface area contributed by atoms with Crippen LogP contribution in [-0.4, -0.2) is 36.6 Å². The van der Waals surface area contributed by atoms with E-state index in [0.29, 0.717) is 0 Å². The molecule has 20 heavy (non-hydrogen) atoms. The highest BCUT2D eigenvalue weighted by Gasteiger charge is 2.29. The van der Waals surface area contributed by atoms with Crippen molar-refractivity contribution in [2.45, 2.75) is 90.1 Å². The molecule has 0 spiro atoms. The summed E-state index contributed by atoms with van der Waals surface area (Å²) in [6.45, 7) is 8.57. The molecular weight excluding hydrogens is 244 g/mol. The largest absolute Gasteiger partial charge is 0.312 e. The molecule has 1 N–H and O–H groups in total. The van der Waals surface area contributed by atoms with E-state index in [4.69, 9.17) is 0 Å². The maximum absolute atomic E-state index is 3.86. The molecule has 1 aliphatic heterocycles. The summed E-state index contributed by atoms with van der Waals surface area (Å²) in [6, 6.07) is 1.58. The number of nitrogens with one attached hydrogen (secondary N) is 1. The molecule has 2 nitrogen and oxygen atoms in total. The molecular formula is C18H36N2. The van der Waals surface area contributed by atoms with E-state index in [2.05, 4.69) is 24.1 Å². The number of likely N-dealkylation sites (tertiary alicyclic amines) is 1. The Morgan fingerprint density at radius 2 is 1.75 bits per heavy atom. The van der Waals surface area contributed by atoms with Gasteiger partial charge in [-0.05, 0) is 64.1 Å². The van der Waals surface area contributed by atoms with Crippen LogP contribution in [0, 0.1) is 5.92 Å². The van der Waals surface area contributed by atoms with Crippen molar-refractivity contribution in [2.24, 2.45) is 5.92 Å². The van der Waals surface area contributed by atoms with Crippen LogP contribution in [0.4, 0.5) is 0 Å². The third kappa shape index (κ3) is 4.73. The molecule has 0 aromatic rings. The lowest BCUT2D eigenvalue weighted by Gasteiger charge is -2.36. The highest BCUT2D eigenvalue weighted by molar-refractivity contribution is 4.88. The van der Waals surface area contributed by atoms with Gasteiger partial charge in [0.25, 0.3) is 0 Å². The van der Waals surface area contributed by atoms with Crippen molar-refractivity contribution in [3.05, 3.63) is 0 Å². The molecule has 2 fully saturated rings. The summed E-state index contributed by atoms with van der Waals surface area (Å²) in [5.41, 5.74) is 0. The molecule has 118 valence electrons. The molecule has 2 heteroatoms. The second-order valence-electron chi connectivity index (χ2n) is 7.01. The van der Waals surface area contributed by atoms with Crippen LogP contribution in [0.1, 0.15) is 78.1 Å². The van der Waals surface area contributed by atoms with E-state index < -0.39 is 0 Å². The van der Waals surface area contributed by atoms with Gasteiger partial charge in [0.15, 0.2) is 0 Å². The minimum atomic E-state index is 0.760. The maximum Gasteiger partial charge on any atom is 0.0249 e. The highest BCUT2D eigenvalue weighted by atomic mass is 15.2. The van der Waals surface area contributed by atoms with Crippen LogP contribution in [0.25, 0.3) is 0 Å². The van der Waals surface area contributed by atoms with Crippen LogP contribution < -0.4 is 5.32 Å².